The second kappa shape index (κ2) is 9.24. The van der Waals surface area contributed by atoms with Gasteiger partial charge < -0.3 is 15.5 Å². The van der Waals surface area contributed by atoms with Gasteiger partial charge in [-0.15, -0.1) is 12.4 Å². The Morgan fingerprint density at radius 3 is 2.59 bits per heavy atom. The van der Waals surface area contributed by atoms with E-state index in [0.717, 1.165) is 51.9 Å². The highest BCUT2D eigenvalue weighted by atomic mass is 35.5. The standard InChI is InChI=1S/C20H27N5O.ClH/c26-20(19-10-14-25(23-19)18-7-4-11-21-15-18)22-16-8-12-24(13-9-16)17-5-2-1-3-6-17;/h1-3,5-6,10,14,16,18,21H,4,7-9,11-13,15H2,(H,22,26);1H. The van der Waals surface area contributed by atoms with E-state index in [1.165, 1.54) is 5.69 Å². The number of nitrogens with one attached hydrogen (secondary N) is 2. The number of carbonyl (C=O) groups excluding carboxylic acids is 1. The van der Waals surface area contributed by atoms with Gasteiger partial charge in [-0.2, -0.15) is 5.10 Å². The van der Waals surface area contributed by atoms with Gasteiger partial charge in [0.1, 0.15) is 5.69 Å². The molecule has 0 aliphatic carbocycles. The number of aromatic nitrogens is 2. The van der Waals surface area contributed by atoms with Crippen molar-refractivity contribution in [1.29, 1.82) is 0 Å². The Bertz CT molecular complexity index is 721. The first-order chi connectivity index (χ1) is 12.8. The zero-order valence-electron chi connectivity index (χ0n) is 15.5. The maximum atomic E-state index is 12.5. The van der Waals surface area contributed by atoms with Gasteiger partial charge in [-0.25, -0.2) is 0 Å². The third kappa shape index (κ3) is 4.82. The van der Waals surface area contributed by atoms with Gasteiger partial charge in [0.05, 0.1) is 6.04 Å². The minimum Gasteiger partial charge on any atom is -0.371 e. The summed E-state index contributed by atoms with van der Waals surface area (Å²) in [6.07, 6.45) is 6.14. The molecular weight excluding hydrogens is 362 g/mol. The van der Waals surface area contributed by atoms with Gasteiger partial charge in [-0.3, -0.25) is 9.48 Å². The van der Waals surface area contributed by atoms with Crippen molar-refractivity contribution in [2.24, 2.45) is 0 Å². The predicted molar refractivity (Wildman–Crippen MR) is 110 cm³/mol. The van der Waals surface area contributed by atoms with Crippen LogP contribution in [0, 0.1) is 0 Å². The second-order valence-electron chi connectivity index (χ2n) is 7.25. The number of rotatable bonds is 4. The molecule has 6 nitrogen and oxygen atoms in total. The van der Waals surface area contributed by atoms with Crippen LogP contribution in [0.1, 0.15) is 42.2 Å². The summed E-state index contributed by atoms with van der Waals surface area (Å²) in [6, 6.07) is 12.9. The summed E-state index contributed by atoms with van der Waals surface area (Å²) in [7, 11) is 0. The van der Waals surface area contributed by atoms with E-state index in [1.807, 2.05) is 23.0 Å². The predicted octanol–water partition coefficient (Wildman–Crippen LogP) is 2.63. The fourth-order valence-electron chi connectivity index (χ4n) is 3.90. The maximum absolute atomic E-state index is 12.5. The van der Waals surface area contributed by atoms with Crippen molar-refractivity contribution in [2.45, 2.75) is 37.8 Å². The monoisotopic (exact) mass is 389 g/mol. The van der Waals surface area contributed by atoms with Crippen LogP contribution >= 0.6 is 12.4 Å². The summed E-state index contributed by atoms with van der Waals surface area (Å²) < 4.78 is 1.94. The van der Waals surface area contributed by atoms with Gasteiger partial charge in [-0.1, -0.05) is 18.2 Å². The van der Waals surface area contributed by atoms with Crippen LogP contribution in [-0.4, -0.2) is 47.9 Å². The lowest BCUT2D eigenvalue weighted by Gasteiger charge is -2.33. The summed E-state index contributed by atoms with van der Waals surface area (Å²) in [6.45, 7) is 3.95. The number of benzene rings is 1. The van der Waals surface area contributed by atoms with E-state index in [0.29, 0.717) is 11.7 Å². The molecule has 1 aromatic carbocycles. The third-order valence-electron chi connectivity index (χ3n) is 5.44. The van der Waals surface area contributed by atoms with Gasteiger partial charge in [-0.05, 0) is 50.4 Å². The molecule has 2 saturated heterocycles. The number of halogens is 1. The number of hydrogen-bond acceptors (Lipinski definition) is 4. The summed E-state index contributed by atoms with van der Waals surface area (Å²) >= 11 is 0. The molecule has 2 aromatic rings. The van der Waals surface area contributed by atoms with Crippen molar-refractivity contribution in [2.75, 3.05) is 31.1 Å². The maximum Gasteiger partial charge on any atom is 0.271 e. The number of amides is 1. The molecule has 4 rings (SSSR count). The topological polar surface area (TPSA) is 62.2 Å². The Morgan fingerprint density at radius 2 is 1.89 bits per heavy atom. The molecule has 2 N–H and O–H groups in total. The lowest BCUT2D eigenvalue weighted by atomic mass is 10.0. The van der Waals surface area contributed by atoms with Crippen LogP contribution in [0.2, 0.25) is 0 Å². The second-order valence-corrected chi connectivity index (χ2v) is 7.25. The number of para-hydroxylation sites is 1. The molecule has 0 spiro atoms. The summed E-state index contributed by atoms with van der Waals surface area (Å²) in [5, 5.41) is 11.1. The van der Waals surface area contributed by atoms with Crippen molar-refractivity contribution in [3.8, 4) is 0 Å². The summed E-state index contributed by atoms with van der Waals surface area (Å²) in [4.78, 5) is 14.9. The highest BCUT2D eigenvalue weighted by Crippen LogP contribution is 2.20. The van der Waals surface area contributed by atoms with E-state index in [4.69, 9.17) is 0 Å². The van der Waals surface area contributed by atoms with E-state index in [-0.39, 0.29) is 24.4 Å². The molecule has 0 saturated carbocycles. The Labute approximate surface area is 166 Å². The largest absolute Gasteiger partial charge is 0.371 e. The van der Waals surface area contributed by atoms with E-state index in [1.54, 1.807) is 0 Å². The average molecular weight is 390 g/mol. The van der Waals surface area contributed by atoms with Gasteiger partial charge >= 0.3 is 0 Å². The molecule has 1 unspecified atom stereocenters. The van der Waals surface area contributed by atoms with Crippen LogP contribution < -0.4 is 15.5 Å². The number of piperidine rings is 2. The SMILES string of the molecule is Cl.O=C(NC1CCN(c2ccccc2)CC1)c1ccn(C2CCCNC2)n1. The Balaban J connectivity index is 0.00000210. The molecule has 7 heteroatoms. The van der Waals surface area contributed by atoms with Gasteiger partial charge in [0, 0.05) is 37.6 Å². The minimum atomic E-state index is -0.0503. The first-order valence-corrected chi connectivity index (χ1v) is 9.66. The minimum absolute atomic E-state index is 0. The summed E-state index contributed by atoms with van der Waals surface area (Å²) in [5.41, 5.74) is 1.79. The van der Waals surface area contributed by atoms with Gasteiger partial charge in [0.25, 0.3) is 5.91 Å². The molecule has 2 aliphatic rings. The number of carbonyl (C=O) groups is 1. The first kappa shape index (κ1) is 19.7. The van der Waals surface area contributed by atoms with Crippen LogP contribution in [0.3, 0.4) is 0 Å². The van der Waals surface area contributed by atoms with Gasteiger partial charge in [0.15, 0.2) is 0 Å². The lowest BCUT2D eigenvalue weighted by Crippen LogP contribution is -2.44. The summed E-state index contributed by atoms with van der Waals surface area (Å²) in [5.74, 6) is -0.0503. The molecule has 1 amide bonds. The number of hydrogen-bond donors (Lipinski definition) is 2. The zero-order chi connectivity index (χ0) is 17.8. The van der Waals surface area contributed by atoms with Crippen LogP contribution in [0.4, 0.5) is 5.69 Å². The van der Waals surface area contributed by atoms with Crippen LogP contribution in [-0.2, 0) is 0 Å². The molecule has 2 aliphatic heterocycles. The van der Waals surface area contributed by atoms with E-state index in [2.05, 4.69) is 44.9 Å². The molecule has 0 radical (unpaired) electrons. The van der Waals surface area contributed by atoms with Crippen molar-refractivity contribution in [3.63, 3.8) is 0 Å². The lowest BCUT2D eigenvalue weighted by molar-refractivity contribution is 0.0924. The zero-order valence-corrected chi connectivity index (χ0v) is 16.3. The highest BCUT2D eigenvalue weighted by molar-refractivity contribution is 5.92. The molecule has 1 aromatic heterocycles. The normalized spacial score (nSPS) is 20.7. The van der Waals surface area contributed by atoms with Crippen molar-refractivity contribution >= 4 is 24.0 Å². The van der Waals surface area contributed by atoms with Crippen LogP contribution in [0.15, 0.2) is 42.6 Å². The fraction of sp³-hybridized carbons (Fsp3) is 0.500. The first-order valence-electron chi connectivity index (χ1n) is 9.66. The average Bonchev–Trinajstić information content (AvgIpc) is 3.20. The molecule has 27 heavy (non-hydrogen) atoms. The molecule has 2 fully saturated rings. The quantitative estimate of drug-likeness (QED) is 0.843. The molecule has 0 bridgehead atoms. The molecule has 3 heterocycles. The van der Waals surface area contributed by atoms with Crippen molar-refractivity contribution in [1.82, 2.24) is 20.4 Å². The number of anilines is 1. The fourth-order valence-corrected chi connectivity index (χ4v) is 3.90. The molecular formula is C20H28ClN5O. The molecule has 146 valence electrons. The van der Waals surface area contributed by atoms with E-state index >= 15 is 0 Å². The van der Waals surface area contributed by atoms with E-state index < -0.39 is 0 Å². The third-order valence-corrected chi connectivity index (χ3v) is 5.44. The van der Waals surface area contributed by atoms with Gasteiger partial charge in [0.2, 0.25) is 0 Å². The Morgan fingerprint density at radius 1 is 1.11 bits per heavy atom. The highest BCUT2D eigenvalue weighted by Gasteiger charge is 2.23. The van der Waals surface area contributed by atoms with Crippen molar-refractivity contribution < 1.29 is 4.79 Å². The Hall–Kier alpha value is -2.05. The van der Waals surface area contributed by atoms with Crippen LogP contribution in [0.5, 0.6) is 0 Å². The van der Waals surface area contributed by atoms with Crippen molar-refractivity contribution in [3.05, 3.63) is 48.3 Å². The Kier molecular flexibility index (Phi) is 6.74. The smallest absolute Gasteiger partial charge is 0.271 e. The van der Waals surface area contributed by atoms with E-state index in [9.17, 15) is 4.79 Å². The van der Waals surface area contributed by atoms with Crippen LogP contribution in [0.25, 0.3) is 0 Å². The molecule has 1 atom stereocenters. The number of nitrogens with zero attached hydrogens (tertiary/aromatic N) is 3.